The van der Waals surface area contributed by atoms with Crippen LogP contribution < -0.4 is 4.90 Å². The lowest BCUT2D eigenvalue weighted by atomic mass is 10.1. The van der Waals surface area contributed by atoms with Crippen molar-refractivity contribution in [2.75, 3.05) is 19.0 Å². The first-order valence-electron chi connectivity index (χ1n) is 11.3. The maximum atomic E-state index is 13.3. The summed E-state index contributed by atoms with van der Waals surface area (Å²) in [5.41, 5.74) is 0.177. The lowest BCUT2D eigenvalue weighted by molar-refractivity contribution is -0.163. The van der Waals surface area contributed by atoms with Gasteiger partial charge in [-0.1, -0.05) is 42.5 Å². The normalized spacial score (nSPS) is 11.9. The second-order valence-corrected chi connectivity index (χ2v) is 11.7. The van der Waals surface area contributed by atoms with Gasteiger partial charge in [0.1, 0.15) is 5.60 Å². The van der Waals surface area contributed by atoms with Gasteiger partial charge in [0, 0.05) is 19.8 Å². The zero-order chi connectivity index (χ0) is 26.7. The molecule has 0 aliphatic rings. The number of fused-ring (bicyclic) bond motifs is 1. The molecule has 0 aliphatic carbocycles. The Hall–Kier alpha value is -3.56. The Morgan fingerprint density at radius 2 is 1.53 bits per heavy atom. The summed E-state index contributed by atoms with van der Waals surface area (Å²) in [6.45, 7) is 4.95. The highest BCUT2D eigenvalue weighted by atomic mass is 32.2. The first-order chi connectivity index (χ1) is 16.8. The molecule has 8 nitrogen and oxygen atoms in total. The lowest BCUT2D eigenvalue weighted by Crippen LogP contribution is -2.36. The molecule has 0 saturated carbocycles. The number of anilines is 1. The van der Waals surface area contributed by atoms with E-state index in [-0.39, 0.29) is 17.1 Å². The minimum Gasteiger partial charge on any atom is -0.454 e. The van der Waals surface area contributed by atoms with Gasteiger partial charge in [-0.2, -0.15) is 0 Å². The van der Waals surface area contributed by atoms with Crippen LogP contribution in [0.4, 0.5) is 5.69 Å². The zero-order valence-corrected chi connectivity index (χ0v) is 21.8. The fourth-order valence-electron chi connectivity index (χ4n) is 3.51. The van der Waals surface area contributed by atoms with Crippen molar-refractivity contribution in [3.8, 4) is 0 Å². The van der Waals surface area contributed by atoms with Crippen molar-refractivity contribution in [2.45, 2.75) is 44.2 Å². The summed E-state index contributed by atoms with van der Waals surface area (Å²) in [6, 6.07) is 19.4. The van der Waals surface area contributed by atoms with Crippen LogP contribution >= 0.6 is 0 Å². The minimum atomic E-state index is -3.76. The molecule has 0 saturated heterocycles. The predicted octanol–water partition coefficient (Wildman–Crippen LogP) is 3.92. The molecule has 3 rings (SSSR count). The summed E-state index contributed by atoms with van der Waals surface area (Å²) in [4.78, 5) is 39.3. The molecule has 0 heterocycles. The molecule has 0 N–H and O–H groups in total. The molecular weight excluding hydrogens is 480 g/mol. The van der Waals surface area contributed by atoms with Gasteiger partial charge in [0.15, 0.2) is 0 Å². The number of benzene rings is 3. The molecule has 9 heteroatoms. The van der Waals surface area contributed by atoms with Crippen LogP contribution in [0.1, 0.15) is 32.8 Å². The molecule has 0 atom stereocenters. The van der Waals surface area contributed by atoms with E-state index in [9.17, 15) is 22.8 Å². The smallest absolute Gasteiger partial charge is 0.375 e. The van der Waals surface area contributed by atoms with Crippen LogP contribution in [0.15, 0.2) is 71.6 Å². The molecule has 190 valence electrons. The van der Waals surface area contributed by atoms with E-state index >= 15 is 0 Å². The number of carbonyl (C=O) groups excluding carboxylic acids is 3. The summed E-state index contributed by atoms with van der Waals surface area (Å²) in [5.74, 6) is -2.72. The molecule has 0 aliphatic heterocycles. The summed E-state index contributed by atoms with van der Waals surface area (Å²) in [6.07, 6.45) is -0.715. The van der Waals surface area contributed by atoms with Crippen LogP contribution in [0.2, 0.25) is 0 Å². The number of ketones is 1. The van der Waals surface area contributed by atoms with Crippen LogP contribution in [0, 0.1) is 0 Å². The third kappa shape index (κ3) is 6.56. The molecule has 36 heavy (non-hydrogen) atoms. The number of hydrogen-bond acceptors (Lipinski definition) is 6. The largest absolute Gasteiger partial charge is 0.454 e. The number of ether oxygens (including phenoxy) is 1. The number of hydrogen-bond donors (Lipinski definition) is 0. The highest BCUT2D eigenvalue weighted by Crippen LogP contribution is 2.25. The summed E-state index contributed by atoms with van der Waals surface area (Å²) in [5, 5.41) is 1.99. The van der Waals surface area contributed by atoms with Gasteiger partial charge >= 0.3 is 5.97 Å². The fourth-order valence-corrected chi connectivity index (χ4v) is 4.45. The quantitative estimate of drug-likeness (QED) is 0.259. The maximum Gasteiger partial charge on any atom is 0.375 e. The van der Waals surface area contributed by atoms with Crippen LogP contribution in [0.5, 0.6) is 0 Å². The molecule has 0 aromatic heterocycles. The van der Waals surface area contributed by atoms with E-state index in [1.165, 1.54) is 37.2 Å². The molecule has 0 spiro atoms. The van der Waals surface area contributed by atoms with Gasteiger partial charge in [0.2, 0.25) is 21.7 Å². The SMILES string of the molecule is CN(C)S(=O)(=O)c1cccc(N(Cc2ccc3ccccc3c2)C(=O)CC(=O)C(=O)OC(C)(C)C)c1. The average Bonchev–Trinajstić information content (AvgIpc) is 2.81. The Bertz CT molecular complexity index is 1410. The van der Waals surface area contributed by atoms with E-state index in [1.54, 1.807) is 26.8 Å². The van der Waals surface area contributed by atoms with Gasteiger partial charge in [0.25, 0.3) is 0 Å². The van der Waals surface area contributed by atoms with Crippen LogP contribution in [0.3, 0.4) is 0 Å². The van der Waals surface area contributed by atoms with Gasteiger partial charge < -0.3 is 9.64 Å². The topological polar surface area (TPSA) is 101 Å². The number of rotatable bonds is 8. The fraction of sp³-hybridized carbons (Fsp3) is 0.296. The number of nitrogens with zero attached hydrogens (tertiary/aromatic N) is 2. The maximum absolute atomic E-state index is 13.3. The van der Waals surface area contributed by atoms with E-state index in [2.05, 4.69) is 0 Å². The van der Waals surface area contributed by atoms with Crippen molar-refractivity contribution in [3.63, 3.8) is 0 Å². The minimum absolute atomic E-state index is 0.000203. The first-order valence-corrected chi connectivity index (χ1v) is 12.8. The van der Waals surface area contributed by atoms with Crippen molar-refractivity contribution >= 4 is 44.1 Å². The Morgan fingerprint density at radius 3 is 2.17 bits per heavy atom. The third-order valence-electron chi connectivity index (χ3n) is 5.30. The van der Waals surface area contributed by atoms with Crippen LogP contribution in [-0.4, -0.2) is 50.1 Å². The molecule has 1 amide bonds. The summed E-state index contributed by atoms with van der Waals surface area (Å²) < 4.78 is 31.6. The number of sulfonamides is 1. The molecule has 0 radical (unpaired) electrons. The highest BCUT2D eigenvalue weighted by Gasteiger charge is 2.28. The molecular formula is C27H30N2O6S. The Balaban J connectivity index is 1.98. The molecule has 0 unspecified atom stereocenters. The molecule has 3 aromatic rings. The Labute approximate surface area is 211 Å². The summed E-state index contributed by atoms with van der Waals surface area (Å²) in [7, 11) is -0.930. The molecule has 3 aromatic carbocycles. The van der Waals surface area contributed by atoms with Crippen molar-refractivity contribution < 1.29 is 27.5 Å². The average molecular weight is 511 g/mol. The third-order valence-corrected chi connectivity index (χ3v) is 7.11. The number of esters is 1. The second kappa shape index (κ2) is 10.6. The monoisotopic (exact) mass is 510 g/mol. The number of Topliss-reactive ketones (excluding diaryl/α,β-unsaturated/α-hetero) is 1. The van der Waals surface area contributed by atoms with E-state index in [0.717, 1.165) is 20.6 Å². The van der Waals surface area contributed by atoms with Crippen molar-refractivity contribution in [1.29, 1.82) is 0 Å². The van der Waals surface area contributed by atoms with E-state index in [1.807, 2.05) is 42.5 Å². The van der Waals surface area contributed by atoms with Gasteiger partial charge in [-0.15, -0.1) is 0 Å². The standard InChI is InChI=1S/C27H30N2O6S/c1-27(2,3)35-26(32)24(30)17-25(31)29(18-19-13-14-20-9-6-7-10-21(20)15-19)22-11-8-12-23(16-22)36(33,34)28(4)5/h6-16H,17-18H2,1-5H3. The van der Waals surface area contributed by atoms with E-state index < -0.39 is 39.7 Å². The predicted molar refractivity (Wildman–Crippen MR) is 138 cm³/mol. The highest BCUT2D eigenvalue weighted by molar-refractivity contribution is 7.89. The van der Waals surface area contributed by atoms with Crippen LogP contribution in [-0.2, 0) is 35.7 Å². The van der Waals surface area contributed by atoms with Crippen molar-refractivity contribution in [1.82, 2.24) is 4.31 Å². The van der Waals surface area contributed by atoms with E-state index in [0.29, 0.717) is 0 Å². The Kier molecular flexibility index (Phi) is 7.96. The zero-order valence-electron chi connectivity index (χ0n) is 21.0. The second-order valence-electron chi connectivity index (χ2n) is 9.55. The summed E-state index contributed by atoms with van der Waals surface area (Å²) >= 11 is 0. The van der Waals surface area contributed by atoms with Gasteiger partial charge in [-0.3, -0.25) is 9.59 Å². The lowest BCUT2D eigenvalue weighted by Gasteiger charge is -2.24. The van der Waals surface area contributed by atoms with Crippen molar-refractivity contribution in [2.24, 2.45) is 0 Å². The van der Waals surface area contributed by atoms with Gasteiger partial charge in [0.05, 0.1) is 17.9 Å². The number of carbonyl (C=O) groups is 3. The first kappa shape index (κ1) is 27.0. The Morgan fingerprint density at radius 1 is 0.861 bits per heavy atom. The van der Waals surface area contributed by atoms with E-state index in [4.69, 9.17) is 4.74 Å². The molecule has 0 fully saturated rings. The van der Waals surface area contributed by atoms with Gasteiger partial charge in [-0.05, 0) is 61.4 Å². The van der Waals surface area contributed by atoms with Gasteiger partial charge in [-0.25, -0.2) is 17.5 Å². The van der Waals surface area contributed by atoms with Crippen molar-refractivity contribution in [3.05, 3.63) is 72.3 Å². The van der Waals surface area contributed by atoms with Crippen LogP contribution in [0.25, 0.3) is 10.8 Å². The molecule has 0 bridgehead atoms. The number of amides is 1.